The van der Waals surface area contributed by atoms with E-state index in [0.717, 1.165) is 6.07 Å². The molecule has 0 aliphatic heterocycles. The molecule has 0 spiro atoms. The molecule has 6 heteroatoms. The summed E-state index contributed by atoms with van der Waals surface area (Å²) in [5.74, 6) is 0.0764. The third kappa shape index (κ3) is 3.67. The van der Waals surface area contributed by atoms with Gasteiger partial charge in [-0.2, -0.15) is 0 Å². The average molecular weight is 404 g/mol. The van der Waals surface area contributed by atoms with Crippen LogP contribution in [0.2, 0.25) is 0 Å². The Morgan fingerprint density at radius 3 is 2.40 bits per heavy atom. The highest BCUT2D eigenvalue weighted by Crippen LogP contribution is 2.28. The van der Waals surface area contributed by atoms with Crippen molar-refractivity contribution in [3.8, 4) is 22.6 Å². The topological polar surface area (TPSA) is 65.7 Å². The first-order chi connectivity index (χ1) is 14.5. The monoisotopic (exact) mass is 404 g/mol. The molecule has 5 nitrogen and oxygen atoms in total. The lowest BCUT2D eigenvalue weighted by molar-refractivity contribution is 0.0734. The van der Waals surface area contributed by atoms with E-state index in [4.69, 9.17) is 13.9 Å². The lowest BCUT2D eigenvalue weighted by Gasteiger charge is -2.09. The molecule has 0 saturated carbocycles. The van der Waals surface area contributed by atoms with E-state index in [9.17, 15) is 14.0 Å². The number of hydrogen-bond acceptors (Lipinski definition) is 5. The minimum absolute atomic E-state index is 0.0857. The number of aryl methyl sites for hydroxylation is 1. The Morgan fingerprint density at radius 1 is 0.967 bits per heavy atom. The van der Waals surface area contributed by atoms with Gasteiger partial charge >= 0.3 is 5.97 Å². The highest BCUT2D eigenvalue weighted by atomic mass is 19.1. The van der Waals surface area contributed by atoms with Crippen LogP contribution in [0, 0.1) is 12.7 Å². The minimum atomic E-state index is -0.706. The molecule has 0 bridgehead atoms. The molecule has 0 aliphatic carbocycles. The van der Waals surface area contributed by atoms with Gasteiger partial charge in [0, 0.05) is 6.07 Å². The van der Waals surface area contributed by atoms with Crippen LogP contribution in [0.1, 0.15) is 16.1 Å². The fraction of sp³-hybridized carbons (Fsp3) is 0.0833. The van der Waals surface area contributed by atoms with E-state index >= 15 is 0 Å². The van der Waals surface area contributed by atoms with Gasteiger partial charge in [0.05, 0.1) is 23.6 Å². The second kappa shape index (κ2) is 7.83. The van der Waals surface area contributed by atoms with Crippen LogP contribution in [0.3, 0.4) is 0 Å². The summed E-state index contributed by atoms with van der Waals surface area (Å²) in [4.78, 5) is 25.3. The van der Waals surface area contributed by atoms with Gasteiger partial charge in [-0.25, -0.2) is 9.18 Å². The van der Waals surface area contributed by atoms with Crippen LogP contribution in [0.15, 0.2) is 75.9 Å². The average Bonchev–Trinajstić information content (AvgIpc) is 2.74. The molecule has 150 valence electrons. The molecule has 4 aromatic rings. The number of ether oxygens (including phenoxy) is 2. The van der Waals surface area contributed by atoms with E-state index in [2.05, 4.69) is 0 Å². The Bertz CT molecular complexity index is 1310. The maximum Gasteiger partial charge on any atom is 0.343 e. The summed E-state index contributed by atoms with van der Waals surface area (Å²) in [6, 6.07) is 16.9. The van der Waals surface area contributed by atoms with E-state index in [1.807, 2.05) is 0 Å². The molecule has 0 atom stereocenters. The van der Waals surface area contributed by atoms with Gasteiger partial charge in [-0.3, -0.25) is 4.79 Å². The molecule has 0 aliphatic rings. The van der Waals surface area contributed by atoms with Crippen molar-refractivity contribution in [3.63, 3.8) is 0 Å². The molecule has 1 heterocycles. The van der Waals surface area contributed by atoms with Gasteiger partial charge in [-0.05, 0) is 55.0 Å². The molecule has 3 aromatic carbocycles. The number of carbonyl (C=O) groups is 1. The Hall–Kier alpha value is -3.93. The fourth-order valence-electron chi connectivity index (χ4n) is 3.22. The van der Waals surface area contributed by atoms with Crippen LogP contribution in [0.5, 0.6) is 11.5 Å². The smallest absolute Gasteiger partial charge is 0.343 e. The molecular formula is C24H17FO5. The van der Waals surface area contributed by atoms with Crippen molar-refractivity contribution in [2.45, 2.75) is 6.92 Å². The molecule has 0 radical (unpaired) electrons. The number of benzene rings is 3. The van der Waals surface area contributed by atoms with Crippen molar-refractivity contribution in [1.29, 1.82) is 0 Å². The Labute approximate surface area is 171 Å². The molecular weight excluding hydrogens is 387 g/mol. The van der Waals surface area contributed by atoms with Gasteiger partial charge < -0.3 is 13.9 Å². The molecule has 0 saturated heterocycles. The third-order valence-electron chi connectivity index (χ3n) is 4.69. The second-order valence-corrected chi connectivity index (χ2v) is 6.65. The Balaban J connectivity index is 1.70. The predicted molar refractivity (Wildman–Crippen MR) is 111 cm³/mol. The van der Waals surface area contributed by atoms with Crippen LogP contribution in [-0.2, 0) is 0 Å². The normalized spacial score (nSPS) is 10.8. The van der Waals surface area contributed by atoms with E-state index in [1.165, 1.54) is 30.3 Å². The van der Waals surface area contributed by atoms with Crippen molar-refractivity contribution in [2.75, 3.05) is 7.11 Å². The van der Waals surface area contributed by atoms with Gasteiger partial charge in [0.1, 0.15) is 28.7 Å². The van der Waals surface area contributed by atoms with E-state index in [-0.39, 0.29) is 16.7 Å². The summed E-state index contributed by atoms with van der Waals surface area (Å²) < 4.78 is 29.6. The molecule has 0 N–H and O–H groups in total. The molecule has 0 amide bonds. The van der Waals surface area contributed by atoms with Crippen molar-refractivity contribution in [3.05, 3.63) is 94.1 Å². The summed E-state index contributed by atoms with van der Waals surface area (Å²) in [5.41, 5.74) is 1.35. The van der Waals surface area contributed by atoms with Crippen molar-refractivity contribution in [1.82, 2.24) is 0 Å². The first kappa shape index (κ1) is 19.4. The van der Waals surface area contributed by atoms with Gasteiger partial charge in [0.2, 0.25) is 5.43 Å². The zero-order chi connectivity index (χ0) is 21.3. The minimum Gasteiger partial charge on any atom is -0.497 e. The van der Waals surface area contributed by atoms with Crippen LogP contribution >= 0.6 is 0 Å². The lowest BCUT2D eigenvalue weighted by Crippen LogP contribution is -2.10. The van der Waals surface area contributed by atoms with Gasteiger partial charge in [0.15, 0.2) is 0 Å². The number of rotatable bonds is 4. The number of esters is 1. The van der Waals surface area contributed by atoms with Crippen molar-refractivity contribution < 1.29 is 23.1 Å². The highest BCUT2D eigenvalue weighted by Gasteiger charge is 2.16. The maximum absolute atomic E-state index is 13.3. The quantitative estimate of drug-likeness (QED) is 0.348. The van der Waals surface area contributed by atoms with Gasteiger partial charge in [-0.1, -0.05) is 18.2 Å². The summed E-state index contributed by atoms with van der Waals surface area (Å²) in [5, 5.41) is 0.358. The fourth-order valence-corrected chi connectivity index (χ4v) is 3.22. The van der Waals surface area contributed by atoms with Crippen LogP contribution in [0.4, 0.5) is 4.39 Å². The molecule has 1 aromatic heterocycles. The second-order valence-electron chi connectivity index (χ2n) is 6.65. The Kier molecular flexibility index (Phi) is 5.06. The number of methoxy groups -OCH3 is 1. The van der Waals surface area contributed by atoms with Gasteiger partial charge in [-0.15, -0.1) is 0 Å². The van der Waals surface area contributed by atoms with Crippen LogP contribution < -0.4 is 14.9 Å². The zero-order valence-corrected chi connectivity index (χ0v) is 16.3. The number of hydrogen-bond donors (Lipinski definition) is 0. The molecule has 30 heavy (non-hydrogen) atoms. The van der Waals surface area contributed by atoms with E-state index in [0.29, 0.717) is 33.6 Å². The van der Waals surface area contributed by atoms with E-state index < -0.39 is 11.8 Å². The Morgan fingerprint density at radius 2 is 1.70 bits per heavy atom. The summed E-state index contributed by atoms with van der Waals surface area (Å²) in [7, 11) is 1.57. The van der Waals surface area contributed by atoms with E-state index in [1.54, 1.807) is 44.4 Å². The highest BCUT2D eigenvalue weighted by molar-refractivity contribution is 5.92. The summed E-state index contributed by atoms with van der Waals surface area (Å²) in [6.07, 6.45) is 0. The van der Waals surface area contributed by atoms with Crippen molar-refractivity contribution >= 4 is 16.9 Å². The predicted octanol–water partition coefficient (Wildman–Crippen LogP) is 5.14. The number of fused-ring (bicyclic) bond motifs is 1. The SMILES string of the molecule is COc1ccc(-c2c(C)oc3cc(OC(=O)c4cccc(F)c4)ccc3c2=O)cc1. The number of halogens is 1. The lowest BCUT2D eigenvalue weighted by atomic mass is 10.0. The first-order valence-electron chi connectivity index (χ1n) is 9.16. The molecule has 0 unspecified atom stereocenters. The standard InChI is InChI=1S/C24H17FO5/c1-14-22(15-6-8-18(28-2)9-7-15)23(26)20-11-10-19(13-21(20)29-14)30-24(27)16-4-3-5-17(25)12-16/h3-13H,1-2H3. The largest absolute Gasteiger partial charge is 0.497 e. The summed E-state index contributed by atoms with van der Waals surface area (Å²) in [6.45, 7) is 1.70. The third-order valence-corrected chi connectivity index (χ3v) is 4.69. The summed E-state index contributed by atoms with van der Waals surface area (Å²) >= 11 is 0. The van der Waals surface area contributed by atoms with Crippen LogP contribution in [-0.4, -0.2) is 13.1 Å². The maximum atomic E-state index is 13.3. The first-order valence-corrected chi connectivity index (χ1v) is 9.16. The van der Waals surface area contributed by atoms with Crippen LogP contribution in [0.25, 0.3) is 22.1 Å². The zero-order valence-electron chi connectivity index (χ0n) is 16.3. The number of carbonyl (C=O) groups excluding carboxylic acids is 1. The molecule has 4 rings (SSSR count). The van der Waals surface area contributed by atoms with Gasteiger partial charge in [0.25, 0.3) is 0 Å². The molecule has 0 fully saturated rings. The van der Waals surface area contributed by atoms with Crippen molar-refractivity contribution in [2.24, 2.45) is 0 Å².